The fraction of sp³-hybridized carbons (Fsp3) is 0.615. The van der Waals surface area contributed by atoms with E-state index in [2.05, 4.69) is 54.4 Å². The maximum absolute atomic E-state index is 14.3. The summed E-state index contributed by atoms with van der Waals surface area (Å²) in [7, 11) is -0.547. The number of hydrogen-bond donors (Lipinski definition) is 0. The molecule has 1 unspecified atom stereocenters. The van der Waals surface area contributed by atoms with E-state index in [1.165, 1.54) is 0 Å². The molecule has 0 bridgehead atoms. The number of carbonyl (C=O) groups is 1. The Labute approximate surface area is 187 Å². The van der Waals surface area contributed by atoms with Gasteiger partial charge in [0.15, 0.2) is 0 Å². The van der Waals surface area contributed by atoms with Crippen molar-refractivity contribution < 1.29 is 9.53 Å². The molecule has 3 nitrogen and oxygen atoms in total. The van der Waals surface area contributed by atoms with Gasteiger partial charge in [-0.1, -0.05) is 41.5 Å². The van der Waals surface area contributed by atoms with E-state index in [1.54, 1.807) is 7.11 Å². The molecule has 0 heterocycles. The van der Waals surface area contributed by atoms with E-state index in [4.69, 9.17) is 9.73 Å². The number of nitrogens with zero attached hydrogens (tertiary/aromatic N) is 1. The molecule has 0 spiro atoms. The van der Waals surface area contributed by atoms with Crippen LogP contribution in [-0.2, 0) is 9.53 Å². The smallest absolute Gasteiger partial charge is 0.202 e. The highest BCUT2D eigenvalue weighted by Crippen LogP contribution is 2.55. The first-order chi connectivity index (χ1) is 13.7. The first-order valence-corrected chi connectivity index (χ1v) is 13.5. The van der Waals surface area contributed by atoms with Gasteiger partial charge in [-0.05, 0) is 87.2 Å². The quantitative estimate of drug-likeness (QED) is 0.464. The standard InChI is InChI=1S/C26H41NO2Si/c1-17(2)30(18(3)4,19(5)6)23-21(20-15-13-12-14-16-20)26(10,29-11)24(22(23)28)27-25(7,8)9/h12-19H,1-11H3. The molecular formula is C26H41NO2Si. The molecule has 2 rings (SSSR count). The molecule has 2 aliphatic carbocycles. The summed E-state index contributed by atoms with van der Waals surface area (Å²) in [5.74, 6) is 1.18. The SMILES string of the molecule is COC1(C)C(=NC(C)(C)C)C(=O)C([Si](C(C)C)(C(C)C)C(C)C)=C1[C]1[CH][CH][CH][CH][CH]1. The van der Waals surface area contributed by atoms with Gasteiger partial charge in [0.25, 0.3) is 0 Å². The summed E-state index contributed by atoms with van der Waals surface area (Å²) in [5, 5.41) is 1.03. The normalized spacial score (nSPS) is 26.2. The maximum atomic E-state index is 14.3. The third-order valence-corrected chi connectivity index (χ3v) is 13.9. The molecule has 0 amide bonds. The molecule has 0 N–H and O–H groups in total. The van der Waals surface area contributed by atoms with Gasteiger partial charge in [-0.15, -0.1) is 0 Å². The van der Waals surface area contributed by atoms with Crippen molar-refractivity contribution in [3.63, 3.8) is 0 Å². The predicted molar refractivity (Wildman–Crippen MR) is 130 cm³/mol. The number of allylic oxidation sites excluding steroid dienone is 1. The molecule has 0 saturated heterocycles. The third-order valence-electron chi connectivity index (χ3n) is 6.84. The molecule has 1 saturated carbocycles. The zero-order valence-electron chi connectivity index (χ0n) is 20.9. The predicted octanol–water partition coefficient (Wildman–Crippen LogP) is 6.34. The van der Waals surface area contributed by atoms with Crippen molar-refractivity contribution in [2.24, 2.45) is 4.99 Å². The summed E-state index contributed by atoms with van der Waals surface area (Å²) in [6.45, 7) is 22.0. The molecule has 0 aromatic rings. The van der Waals surface area contributed by atoms with Gasteiger partial charge < -0.3 is 4.74 Å². The Bertz CT molecular complexity index is 683. The van der Waals surface area contributed by atoms with Crippen molar-refractivity contribution in [3.05, 3.63) is 48.8 Å². The van der Waals surface area contributed by atoms with E-state index < -0.39 is 13.7 Å². The van der Waals surface area contributed by atoms with E-state index in [0.717, 1.165) is 16.7 Å². The number of aliphatic imine (C=N–C) groups is 1. The van der Waals surface area contributed by atoms with Gasteiger partial charge >= 0.3 is 0 Å². The second kappa shape index (κ2) is 9.01. The average Bonchev–Trinajstić information content (AvgIpc) is 2.83. The van der Waals surface area contributed by atoms with E-state index in [-0.39, 0.29) is 11.3 Å². The monoisotopic (exact) mass is 427 g/mol. The summed E-state index contributed by atoms with van der Waals surface area (Å²) in [6, 6.07) is 0. The first-order valence-electron chi connectivity index (χ1n) is 11.3. The molecule has 1 fully saturated rings. The Morgan fingerprint density at radius 1 is 0.933 bits per heavy atom. The van der Waals surface area contributed by atoms with Crippen LogP contribution < -0.4 is 0 Å². The highest BCUT2D eigenvalue weighted by atomic mass is 28.3. The van der Waals surface area contributed by atoms with Crippen LogP contribution in [0.4, 0.5) is 0 Å². The molecule has 4 heteroatoms. The lowest BCUT2D eigenvalue weighted by atomic mass is 9.78. The lowest BCUT2D eigenvalue weighted by molar-refractivity contribution is -0.109. The lowest BCUT2D eigenvalue weighted by Crippen LogP contribution is -2.49. The van der Waals surface area contributed by atoms with Crippen molar-refractivity contribution in [2.45, 2.75) is 97.0 Å². The second-order valence-corrected chi connectivity index (χ2v) is 16.5. The molecule has 0 aliphatic heterocycles. The largest absolute Gasteiger partial charge is 0.368 e. The van der Waals surface area contributed by atoms with E-state index in [1.807, 2.05) is 47.0 Å². The summed E-state index contributed by atoms with van der Waals surface area (Å²) in [6.07, 6.45) is 10.3. The van der Waals surface area contributed by atoms with Crippen LogP contribution in [0, 0.1) is 38.0 Å². The fourth-order valence-corrected chi connectivity index (χ4v) is 12.9. The van der Waals surface area contributed by atoms with Crippen molar-refractivity contribution >= 4 is 19.6 Å². The fourth-order valence-electron chi connectivity index (χ4n) is 5.80. The van der Waals surface area contributed by atoms with Gasteiger partial charge in [-0.25, -0.2) is 0 Å². The van der Waals surface area contributed by atoms with Crippen LogP contribution in [0.3, 0.4) is 0 Å². The van der Waals surface area contributed by atoms with Gasteiger partial charge in [-0.3, -0.25) is 9.79 Å². The molecule has 2 aliphatic rings. The van der Waals surface area contributed by atoms with Crippen LogP contribution in [0.5, 0.6) is 0 Å². The molecule has 30 heavy (non-hydrogen) atoms. The van der Waals surface area contributed by atoms with Crippen molar-refractivity contribution in [3.8, 4) is 0 Å². The maximum Gasteiger partial charge on any atom is 0.202 e. The number of rotatable bonds is 6. The van der Waals surface area contributed by atoms with Crippen molar-refractivity contribution in [1.82, 2.24) is 0 Å². The van der Waals surface area contributed by atoms with Gasteiger partial charge in [0.05, 0.1) is 13.6 Å². The van der Waals surface area contributed by atoms with Gasteiger partial charge in [-0.2, -0.15) is 0 Å². The van der Waals surface area contributed by atoms with E-state index >= 15 is 0 Å². The second-order valence-electron chi connectivity index (χ2n) is 10.7. The number of carbonyl (C=O) groups excluding carboxylic acids is 1. The lowest BCUT2D eigenvalue weighted by Gasteiger charge is -2.45. The van der Waals surface area contributed by atoms with Crippen LogP contribution in [0.15, 0.2) is 15.8 Å². The number of ether oxygens (including phenoxy) is 1. The number of Topliss-reactive ketones (excluding diaryl/α,β-unsaturated/α-hetero) is 1. The van der Waals surface area contributed by atoms with Crippen LogP contribution in [0.25, 0.3) is 0 Å². The highest BCUT2D eigenvalue weighted by molar-refractivity contribution is 6.96. The van der Waals surface area contributed by atoms with Crippen molar-refractivity contribution in [1.29, 1.82) is 0 Å². The summed E-state index contributed by atoms with van der Waals surface area (Å²) in [5.41, 5.74) is 1.66. The number of ketones is 1. The van der Waals surface area contributed by atoms with Crippen LogP contribution in [-0.4, -0.2) is 37.8 Å². The van der Waals surface area contributed by atoms with Gasteiger partial charge in [0, 0.05) is 13.0 Å². The molecule has 0 aromatic carbocycles. The first kappa shape index (κ1) is 25.5. The Morgan fingerprint density at radius 3 is 1.77 bits per heavy atom. The topological polar surface area (TPSA) is 38.7 Å². The molecular weight excluding hydrogens is 386 g/mol. The molecule has 0 aromatic heterocycles. The highest BCUT2D eigenvalue weighted by Gasteiger charge is 2.60. The third kappa shape index (κ3) is 4.15. The van der Waals surface area contributed by atoms with Crippen LogP contribution >= 0.6 is 0 Å². The minimum atomic E-state index is -2.26. The van der Waals surface area contributed by atoms with Crippen molar-refractivity contribution in [2.75, 3.05) is 7.11 Å². The van der Waals surface area contributed by atoms with Gasteiger partial charge in [0.2, 0.25) is 5.78 Å². The van der Waals surface area contributed by atoms with Gasteiger partial charge in [0.1, 0.15) is 11.3 Å². The van der Waals surface area contributed by atoms with Crippen LogP contribution in [0.1, 0.15) is 69.2 Å². The zero-order valence-corrected chi connectivity index (χ0v) is 21.9. The van der Waals surface area contributed by atoms with E-state index in [9.17, 15) is 4.79 Å². The van der Waals surface area contributed by atoms with Crippen LogP contribution in [0.2, 0.25) is 16.6 Å². The zero-order chi connectivity index (χ0) is 23.1. The minimum absolute atomic E-state index is 0.107. The Morgan fingerprint density at radius 2 is 1.40 bits per heavy atom. The average molecular weight is 428 g/mol. The molecule has 166 valence electrons. The Balaban J connectivity index is 2.95. The van der Waals surface area contributed by atoms with E-state index in [0.29, 0.717) is 22.3 Å². The Kier molecular flexibility index (Phi) is 7.67. The number of hydrogen-bond acceptors (Lipinski definition) is 3. The summed E-state index contributed by atoms with van der Waals surface area (Å²) in [4.78, 5) is 19.2. The molecule has 6 radical (unpaired) electrons. The number of methoxy groups -OCH3 is 1. The Hall–Kier alpha value is -0.743. The summed E-state index contributed by atoms with van der Waals surface area (Å²) >= 11 is 0. The summed E-state index contributed by atoms with van der Waals surface area (Å²) < 4.78 is 6.17. The minimum Gasteiger partial charge on any atom is -0.368 e. The molecule has 1 atom stereocenters.